The molecule has 0 amide bonds. The molecule has 2 N–H and O–H groups in total. The Morgan fingerprint density at radius 3 is 2.47 bits per heavy atom. The van der Waals surface area contributed by atoms with E-state index in [1.165, 1.54) is 39.5 Å². The van der Waals surface area contributed by atoms with Crippen LogP contribution in [0.1, 0.15) is 0 Å². The lowest BCUT2D eigenvalue weighted by Gasteiger charge is -2.17. The van der Waals surface area contributed by atoms with E-state index in [1.54, 1.807) is 0 Å². The standard InChI is InChI=1S/C11H16N2O5S/c1-13(7-11(14)18-3)19(15,16)10-5-4-8(17-2)6-9(10)12/h4-6H,7,12H2,1-3H3. The average Bonchev–Trinajstić information content (AvgIpc) is 2.37. The first-order valence-corrected chi connectivity index (χ1v) is 6.73. The second-order valence-electron chi connectivity index (χ2n) is 3.74. The Bertz CT molecular complexity index is 570. The molecule has 0 unspecified atom stereocenters. The second kappa shape index (κ2) is 5.89. The maximum absolute atomic E-state index is 12.2. The fourth-order valence-electron chi connectivity index (χ4n) is 1.39. The number of hydrogen-bond acceptors (Lipinski definition) is 6. The van der Waals surface area contributed by atoms with Crippen molar-refractivity contribution in [2.75, 3.05) is 33.5 Å². The van der Waals surface area contributed by atoms with Gasteiger partial charge in [0.25, 0.3) is 0 Å². The predicted molar refractivity (Wildman–Crippen MR) is 69.2 cm³/mol. The number of likely N-dealkylation sites (N-methyl/N-ethyl adjacent to an activating group) is 1. The van der Waals surface area contributed by atoms with Crippen LogP contribution in [0.4, 0.5) is 5.69 Å². The number of hydrogen-bond donors (Lipinski definition) is 1. The van der Waals surface area contributed by atoms with Gasteiger partial charge in [-0.1, -0.05) is 0 Å². The Hall–Kier alpha value is -1.80. The minimum atomic E-state index is -3.85. The lowest BCUT2D eigenvalue weighted by Crippen LogP contribution is -2.33. The number of carbonyl (C=O) groups excluding carboxylic acids is 1. The fourth-order valence-corrected chi connectivity index (χ4v) is 2.60. The largest absolute Gasteiger partial charge is 0.497 e. The van der Waals surface area contributed by atoms with Gasteiger partial charge in [0.05, 0.1) is 19.9 Å². The summed E-state index contributed by atoms with van der Waals surface area (Å²) in [6.45, 7) is -0.385. The molecule has 0 aromatic heterocycles. The number of carbonyl (C=O) groups is 1. The van der Waals surface area contributed by atoms with E-state index in [-0.39, 0.29) is 17.1 Å². The van der Waals surface area contributed by atoms with Crippen molar-refractivity contribution in [1.29, 1.82) is 0 Å². The van der Waals surface area contributed by atoms with Gasteiger partial charge in [0.1, 0.15) is 17.2 Å². The summed E-state index contributed by atoms with van der Waals surface area (Å²) >= 11 is 0. The summed E-state index contributed by atoms with van der Waals surface area (Å²) in [5.74, 6) is -0.203. The first-order chi connectivity index (χ1) is 8.82. The Morgan fingerprint density at radius 2 is 2.00 bits per heavy atom. The topological polar surface area (TPSA) is 98.9 Å². The molecule has 19 heavy (non-hydrogen) atoms. The Balaban J connectivity index is 3.09. The highest BCUT2D eigenvalue weighted by Gasteiger charge is 2.25. The third-order valence-corrected chi connectivity index (χ3v) is 4.36. The Labute approximate surface area is 112 Å². The zero-order valence-corrected chi connectivity index (χ0v) is 11.7. The molecule has 0 spiro atoms. The van der Waals surface area contributed by atoms with Gasteiger partial charge in [-0.25, -0.2) is 8.42 Å². The van der Waals surface area contributed by atoms with E-state index < -0.39 is 16.0 Å². The van der Waals surface area contributed by atoms with Crippen molar-refractivity contribution < 1.29 is 22.7 Å². The lowest BCUT2D eigenvalue weighted by molar-refractivity contribution is -0.140. The summed E-state index contributed by atoms with van der Waals surface area (Å²) in [5, 5.41) is 0. The SMILES string of the molecule is COC(=O)CN(C)S(=O)(=O)c1ccc(OC)cc1N. The van der Waals surface area contributed by atoms with Crippen molar-refractivity contribution in [1.82, 2.24) is 4.31 Å². The van der Waals surface area contributed by atoms with E-state index in [0.717, 1.165) is 4.31 Å². The third-order valence-electron chi connectivity index (χ3n) is 2.48. The predicted octanol–water partition coefficient (Wildman–Crippen LogP) is 0.0709. The van der Waals surface area contributed by atoms with Crippen LogP contribution in [0.25, 0.3) is 0 Å². The minimum Gasteiger partial charge on any atom is -0.497 e. The van der Waals surface area contributed by atoms with E-state index in [9.17, 15) is 13.2 Å². The number of nitrogens with two attached hydrogens (primary N) is 1. The first kappa shape index (κ1) is 15.3. The first-order valence-electron chi connectivity index (χ1n) is 5.29. The van der Waals surface area contributed by atoms with Crippen LogP contribution in [0, 0.1) is 0 Å². The number of sulfonamides is 1. The van der Waals surface area contributed by atoms with Crippen LogP contribution in [0.15, 0.2) is 23.1 Å². The van der Waals surface area contributed by atoms with E-state index in [0.29, 0.717) is 5.75 Å². The summed E-state index contributed by atoms with van der Waals surface area (Å²) < 4.78 is 34.6. The molecule has 0 fully saturated rings. The number of benzene rings is 1. The van der Waals surface area contributed by atoms with Gasteiger partial charge in [-0.2, -0.15) is 4.31 Å². The monoisotopic (exact) mass is 288 g/mol. The molecule has 7 nitrogen and oxygen atoms in total. The van der Waals surface area contributed by atoms with E-state index in [2.05, 4.69) is 4.74 Å². The molecule has 0 radical (unpaired) electrons. The molecular weight excluding hydrogens is 272 g/mol. The van der Waals surface area contributed by atoms with Crippen LogP contribution in [0.3, 0.4) is 0 Å². The molecule has 1 rings (SSSR count). The third kappa shape index (κ3) is 3.36. The van der Waals surface area contributed by atoms with Gasteiger partial charge < -0.3 is 15.2 Å². The highest BCUT2D eigenvalue weighted by atomic mass is 32.2. The molecule has 106 valence electrons. The highest BCUT2D eigenvalue weighted by molar-refractivity contribution is 7.89. The van der Waals surface area contributed by atoms with Crippen molar-refractivity contribution in [2.24, 2.45) is 0 Å². The number of rotatable bonds is 5. The van der Waals surface area contributed by atoms with Crippen molar-refractivity contribution in [3.05, 3.63) is 18.2 Å². The molecule has 0 bridgehead atoms. The Kier molecular flexibility index (Phi) is 4.73. The lowest BCUT2D eigenvalue weighted by atomic mass is 10.3. The summed E-state index contributed by atoms with van der Waals surface area (Å²) in [4.78, 5) is 11.0. The molecular formula is C11H16N2O5S. The summed E-state index contributed by atoms with van der Waals surface area (Å²) in [5.41, 5.74) is 5.73. The summed E-state index contributed by atoms with van der Waals surface area (Å²) in [6, 6.07) is 4.21. The summed E-state index contributed by atoms with van der Waals surface area (Å²) in [7, 11) is 0.0617. The van der Waals surface area contributed by atoms with E-state index >= 15 is 0 Å². The van der Waals surface area contributed by atoms with E-state index in [4.69, 9.17) is 10.5 Å². The molecule has 0 saturated heterocycles. The minimum absolute atomic E-state index is 0.0519. The van der Waals surface area contributed by atoms with E-state index in [1.807, 2.05) is 0 Å². The number of anilines is 1. The van der Waals surface area contributed by atoms with Gasteiger partial charge >= 0.3 is 5.97 Å². The van der Waals surface area contributed by atoms with Crippen LogP contribution < -0.4 is 10.5 Å². The molecule has 0 heterocycles. The molecule has 0 aliphatic rings. The second-order valence-corrected chi connectivity index (χ2v) is 5.75. The molecule has 1 aromatic rings. The van der Waals surface area contributed by atoms with Crippen LogP contribution in [0.2, 0.25) is 0 Å². The van der Waals surface area contributed by atoms with Crippen molar-refractivity contribution in [3.63, 3.8) is 0 Å². The summed E-state index contributed by atoms with van der Waals surface area (Å²) in [6.07, 6.45) is 0. The molecule has 0 aliphatic carbocycles. The van der Waals surface area contributed by atoms with Crippen molar-refractivity contribution >= 4 is 21.7 Å². The fraction of sp³-hybridized carbons (Fsp3) is 0.364. The van der Waals surface area contributed by atoms with Crippen LogP contribution in [-0.4, -0.2) is 46.5 Å². The maximum Gasteiger partial charge on any atom is 0.321 e. The van der Waals surface area contributed by atoms with Crippen LogP contribution in [-0.2, 0) is 19.6 Å². The number of esters is 1. The quantitative estimate of drug-likeness (QED) is 0.608. The molecule has 1 aromatic carbocycles. The molecule has 8 heteroatoms. The molecule has 0 saturated carbocycles. The average molecular weight is 288 g/mol. The number of ether oxygens (including phenoxy) is 2. The van der Waals surface area contributed by atoms with Gasteiger partial charge in [-0.3, -0.25) is 4.79 Å². The number of nitrogens with zero attached hydrogens (tertiary/aromatic N) is 1. The number of methoxy groups -OCH3 is 2. The smallest absolute Gasteiger partial charge is 0.321 e. The van der Waals surface area contributed by atoms with Gasteiger partial charge in [0.2, 0.25) is 10.0 Å². The van der Waals surface area contributed by atoms with Crippen molar-refractivity contribution in [2.45, 2.75) is 4.90 Å². The van der Waals surface area contributed by atoms with Gasteiger partial charge in [0.15, 0.2) is 0 Å². The Morgan fingerprint density at radius 1 is 1.37 bits per heavy atom. The van der Waals surface area contributed by atoms with Gasteiger partial charge in [0, 0.05) is 13.1 Å². The molecule has 0 aliphatic heterocycles. The van der Waals surface area contributed by atoms with Crippen LogP contribution >= 0.6 is 0 Å². The van der Waals surface area contributed by atoms with Gasteiger partial charge in [-0.05, 0) is 12.1 Å². The zero-order valence-electron chi connectivity index (χ0n) is 10.9. The van der Waals surface area contributed by atoms with Crippen LogP contribution in [0.5, 0.6) is 5.75 Å². The zero-order chi connectivity index (χ0) is 14.6. The van der Waals surface area contributed by atoms with Crippen molar-refractivity contribution in [3.8, 4) is 5.75 Å². The highest BCUT2D eigenvalue weighted by Crippen LogP contribution is 2.25. The maximum atomic E-state index is 12.2. The number of nitrogen functional groups attached to an aromatic ring is 1. The van der Waals surface area contributed by atoms with Gasteiger partial charge in [-0.15, -0.1) is 0 Å². The molecule has 0 atom stereocenters. The normalized spacial score (nSPS) is 11.4.